The molecule has 1 aliphatic heterocycles. The van der Waals surface area contributed by atoms with E-state index in [1.165, 1.54) is 5.69 Å². The molecule has 3 aromatic rings. The number of amides is 1. The predicted molar refractivity (Wildman–Crippen MR) is 120 cm³/mol. The van der Waals surface area contributed by atoms with Crippen LogP contribution in [0.4, 0.5) is 5.69 Å². The number of hydrogen-bond donors (Lipinski definition) is 1. The van der Waals surface area contributed by atoms with E-state index < -0.39 is 0 Å². The molecule has 0 atom stereocenters. The monoisotopic (exact) mass is 401 g/mol. The highest BCUT2D eigenvalue weighted by Gasteiger charge is 2.17. The summed E-state index contributed by atoms with van der Waals surface area (Å²) in [6.07, 6.45) is 0. The molecule has 0 unspecified atom stereocenters. The molecule has 0 spiro atoms. The van der Waals surface area contributed by atoms with E-state index in [1.54, 1.807) is 12.1 Å². The van der Waals surface area contributed by atoms with Crippen molar-refractivity contribution >= 4 is 11.6 Å². The lowest BCUT2D eigenvalue weighted by atomic mass is 10.1. The summed E-state index contributed by atoms with van der Waals surface area (Å²) in [4.78, 5) is 17.4. The van der Waals surface area contributed by atoms with Crippen LogP contribution in [0.3, 0.4) is 0 Å². The van der Waals surface area contributed by atoms with Gasteiger partial charge in [0.05, 0.1) is 0 Å². The van der Waals surface area contributed by atoms with Crippen molar-refractivity contribution < 1.29 is 9.53 Å². The van der Waals surface area contributed by atoms with Crippen molar-refractivity contribution in [3.05, 3.63) is 90.0 Å². The molecule has 0 aliphatic carbocycles. The van der Waals surface area contributed by atoms with Crippen LogP contribution in [0.25, 0.3) is 0 Å². The molecule has 0 bridgehead atoms. The van der Waals surface area contributed by atoms with Gasteiger partial charge in [0.25, 0.3) is 5.91 Å². The molecule has 0 aromatic heterocycles. The summed E-state index contributed by atoms with van der Waals surface area (Å²) in [5, 5.41) is 3.06. The SMILES string of the molecule is CN1CCN(c2ccccc2CNC(=O)c2ccc(Oc3ccccc3)cc2)CC1. The number of ether oxygens (including phenoxy) is 1. The van der Waals surface area contributed by atoms with Crippen molar-refractivity contribution in [3.63, 3.8) is 0 Å². The van der Waals surface area contributed by atoms with Gasteiger partial charge in [-0.1, -0.05) is 36.4 Å². The topological polar surface area (TPSA) is 44.8 Å². The summed E-state index contributed by atoms with van der Waals surface area (Å²) < 4.78 is 5.79. The number of carbonyl (C=O) groups excluding carboxylic acids is 1. The molecular formula is C25H27N3O2. The third kappa shape index (κ3) is 4.99. The molecule has 1 aliphatic rings. The van der Waals surface area contributed by atoms with Gasteiger partial charge in [0.15, 0.2) is 0 Å². The second-order valence-electron chi connectivity index (χ2n) is 7.54. The number of hydrogen-bond acceptors (Lipinski definition) is 4. The third-order valence-electron chi connectivity index (χ3n) is 5.37. The lowest BCUT2D eigenvalue weighted by Crippen LogP contribution is -2.45. The quantitative estimate of drug-likeness (QED) is 0.674. The Balaban J connectivity index is 1.37. The standard InChI is InChI=1S/C25H27N3O2/c1-27-15-17-28(18-16-27)24-10-6-5-7-21(24)19-26-25(29)20-11-13-23(14-12-20)30-22-8-3-2-4-9-22/h2-14H,15-19H2,1H3,(H,26,29). The zero-order valence-corrected chi connectivity index (χ0v) is 17.3. The molecule has 3 aromatic carbocycles. The van der Waals surface area contributed by atoms with Crippen molar-refractivity contribution in [1.82, 2.24) is 10.2 Å². The zero-order chi connectivity index (χ0) is 20.8. The molecule has 30 heavy (non-hydrogen) atoms. The first kappa shape index (κ1) is 20.0. The molecule has 5 nitrogen and oxygen atoms in total. The van der Waals surface area contributed by atoms with E-state index in [0.29, 0.717) is 17.9 Å². The highest BCUT2D eigenvalue weighted by molar-refractivity contribution is 5.94. The third-order valence-corrected chi connectivity index (χ3v) is 5.37. The summed E-state index contributed by atoms with van der Waals surface area (Å²) in [7, 11) is 2.15. The van der Waals surface area contributed by atoms with E-state index in [-0.39, 0.29) is 5.91 Å². The van der Waals surface area contributed by atoms with Crippen molar-refractivity contribution in [2.24, 2.45) is 0 Å². The Morgan fingerprint density at radius 1 is 0.833 bits per heavy atom. The number of nitrogens with zero attached hydrogens (tertiary/aromatic N) is 2. The number of rotatable bonds is 6. The predicted octanol–water partition coefficient (Wildman–Crippen LogP) is 4.16. The molecule has 0 radical (unpaired) electrons. The van der Waals surface area contributed by atoms with Crippen LogP contribution in [0.5, 0.6) is 11.5 Å². The van der Waals surface area contributed by atoms with Gasteiger partial charge in [-0.05, 0) is 55.1 Å². The number of para-hydroxylation sites is 2. The normalized spacial score (nSPS) is 14.4. The maximum absolute atomic E-state index is 12.6. The number of anilines is 1. The van der Waals surface area contributed by atoms with Gasteiger partial charge in [-0.3, -0.25) is 4.79 Å². The number of piperazine rings is 1. The first-order valence-corrected chi connectivity index (χ1v) is 10.3. The number of carbonyl (C=O) groups is 1. The van der Waals surface area contributed by atoms with Crippen LogP contribution in [-0.4, -0.2) is 44.0 Å². The Kier molecular flexibility index (Phi) is 6.30. The smallest absolute Gasteiger partial charge is 0.251 e. The zero-order valence-electron chi connectivity index (χ0n) is 17.3. The lowest BCUT2D eigenvalue weighted by Gasteiger charge is -2.35. The van der Waals surface area contributed by atoms with Gasteiger partial charge in [0.1, 0.15) is 11.5 Å². The van der Waals surface area contributed by atoms with Crippen LogP contribution in [0.15, 0.2) is 78.9 Å². The summed E-state index contributed by atoms with van der Waals surface area (Å²) >= 11 is 0. The van der Waals surface area contributed by atoms with Crippen molar-refractivity contribution in [2.75, 3.05) is 38.1 Å². The second kappa shape index (κ2) is 9.46. The van der Waals surface area contributed by atoms with E-state index in [9.17, 15) is 4.79 Å². The average molecular weight is 402 g/mol. The van der Waals surface area contributed by atoms with E-state index in [0.717, 1.165) is 37.5 Å². The van der Waals surface area contributed by atoms with Crippen molar-refractivity contribution in [1.29, 1.82) is 0 Å². The highest BCUT2D eigenvalue weighted by Crippen LogP contribution is 2.23. The van der Waals surface area contributed by atoms with Gasteiger partial charge in [0, 0.05) is 44.0 Å². The Morgan fingerprint density at radius 3 is 2.20 bits per heavy atom. The van der Waals surface area contributed by atoms with Crippen LogP contribution in [-0.2, 0) is 6.54 Å². The van der Waals surface area contributed by atoms with E-state index >= 15 is 0 Å². The maximum atomic E-state index is 12.6. The Labute approximate surface area is 177 Å². The Hall–Kier alpha value is -3.31. The van der Waals surface area contributed by atoms with Crippen LogP contribution < -0.4 is 15.0 Å². The van der Waals surface area contributed by atoms with Crippen LogP contribution >= 0.6 is 0 Å². The highest BCUT2D eigenvalue weighted by atomic mass is 16.5. The number of benzene rings is 3. The lowest BCUT2D eigenvalue weighted by molar-refractivity contribution is 0.0951. The van der Waals surface area contributed by atoms with E-state index in [1.807, 2.05) is 48.5 Å². The number of likely N-dealkylation sites (N-methyl/N-ethyl adjacent to an activating group) is 1. The second-order valence-corrected chi connectivity index (χ2v) is 7.54. The van der Waals surface area contributed by atoms with Gasteiger partial charge in [-0.25, -0.2) is 0 Å². The molecule has 1 N–H and O–H groups in total. The van der Waals surface area contributed by atoms with Gasteiger partial charge < -0.3 is 19.9 Å². The first-order valence-electron chi connectivity index (χ1n) is 10.3. The minimum Gasteiger partial charge on any atom is -0.457 e. The fraction of sp³-hybridized carbons (Fsp3) is 0.240. The van der Waals surface area contributed by atoms with Gasteiger partial charge >= 0.3 is 0 Å². The Bertz CT molecular complexity index is 965. The molecule has 1 saturated heterocycles. The van der Waals surface area contributed by atoms with Crippen LogP contribution in [0.1, 0.15) is 15.9 Å². The van der Waals surface area contributed by atoms with Crippen molar-refractivity contribution in [2.45, 2.75) is 6.54 Å². The Morgan fingerprint density at radius 2 is 1.47 bits per heavy atom. The fourth-order valence-electron chi connectivity index (χ4n) is 3.59. The largest absolute Gasteiger partial charge is 0.457 e. The minimum atomic E-state index is -0.0885. The maximum Gasteiger partial charge on any atom is 0.251 e. The molecule has 154 valence electrons. The first-order chi connectivity index (χ1) is 14.7. The average Bonchev–Trinajstić information content (AvgIpc) is 2.79. The molecular weight excluding hydrogens is 374 g/mol. The van der Waals surface area contributed by atoms with Gasteiger partial charge in [-0.15, -0.1) is 0 Å². The summed E-state index contributed by atoms with van der Waals surface area (Å²) in [5.74, 6) is 1.39. The van der Waals surface area contributed by atoms with Gasteiger partial charge in [-0.2, -0.15) is 0 Å². The molecule has 5 heteroatoms. The summed E-state index contributed by atoms with van der Waals surface area (Å²) in [6, 6.07) is 25.1. The number of nitrogens with one attached hydrogen (secondary N) is 1. The fourth-order valence-corrected chi connectivity index (χ4v) is 3.59. The van der Waals surface area contributed by atoms with E-state index in [4.69, 9.17) is 4.74 Å². The summed E-state index contributed by atoms with van der Waals surface area (Å²) in [5.41, 5.74) is 2.96. The van der Waals surface area contributed by atoms with Crippen molar-refractivity contribution in [3.8, 4) is 11.5 Å². The molecule has 4 rings (SSSR count). The van der Waals surface area contributed by atoms with Gasteiger partial charge in [0.2, 0.25) is 0 Å². The van der Waals surface area contributed by atoms with Crippen LogP contribution in [0.2, 0.25) is 0 Å². The molecule has 1 fully saturated rings. The van der Waals surface area contributed by atoms with E-state index in [2.05, 4.69) is 40.4 Å². The summed E-state index contributed by atoms with van der Waals surface area (Å²) in [6.45, 7) is 4.62. The minimum absolute atomic E-state index is 0.0885. The molecule has 1 heterocycles. The molecule has 0 saturated carbocycles. The molecule has 1 amide bonds. The van der Waals surface area contributed by atoms with Crippen LogP contribution in [0, 0.1) is 0 Å².